The summed E-state index contributed by atoms with van der Waals surface area (Å²) in [7, 11) is 0. The maximum absolute atomic E-state index is 14.9. The zero-order valence-corrected chi connectivity index (χ0v) is 34.3. The molecule has 0 amide bonds. The number of hydrogen-bond acceptors (Lipinski definition) is 8. The Kier molecular flexibility index (Phi) is 12.3. The molecule has 6 rings (SSSR count). The predicted octanol–water partition coefficient (Wildman–Crippen LogP) is 7.56. The molecule has 0 radical (unpaired) electrons. The fourth-order valence-corrected chi connectivity index (χ4v) is 12.9. The molecule has 9 heteroatoms. The van der Waals surface area contributed by atoms with Gasteiger partial charge in [-0.2, -0.15) is 0 Å². The number of Topliss-reactive ketones (excluding diaryl/α,β-unsaturated/α-hetero) is 2. The van der Waals surface area contributed by atoms with Crippen LogP contribution in [0.2, 0.25) is 0 Å². The molecule has 1 aromatic carbocycles. The summed E-state index contributed by atoms with van der Waals surface area (Å²) in [5, 5.41) is 29.0. The number of nitrogens with zero attached hydrogens (tertiary/aromatic N) is 1. The summed E-state index contributed by atoms with van der Waals surface area (Å²) in [6, 6.07) is 10.1. The lowest BCUT2D eigenvalue weighted by Gasteiger charge is -2.67. The topological polar surface area (TPSA) is 141 Å². The summed E-state index contributed by atoms with van der Waals surface area (Å²) in [4.78, 5) is 55.6. The van der Waals surface area contributed by atoms with Crippen molar-refractivity contribution in [2.45, 2.75) is 144 Å². The molecule has 0 spiro atoms. The third-order valence-corrected chi connectivity index (χ3v) is 15.8. The number of aliphatic carboxylic acids is 1. The van der Waals surface area contributed by atoms with E-state index in [1.165, 1.54) is 5.57 Å². The van der Waals surface area contributed by atoms with Crippen molar-refractivity contribution in [1.29, 1.82) is 0 Å². The van der Waals surface area contributed by atoms with E-state index in [-0.39, 0.29) is 66.3 Å². The molecular formula is C46H67NO8. The Bertz CT molecular complexity index is 1640. The van der Waals surface area contributed by atoms with Gasteiger partial charge in [0, 0.05) is 13.0 Å². The highest BCUT2D eigenvalue weighted by atomic mass is 16.5. The molecular weight excluding hydrogens is 695 g/mol. The Balaban J connectivity index is 1.21. The smallest absolute Gasteiger partial charge is 0.309 e. The number of fused-ring (bicyclic) bond motifs is 7. The van der Waals surface area contributed by atoms with Crippen LogP contribution in [0.15, 0.2) is 41.5 Å². The van der Waals surface area contributed by atoms with Crippen molar-refractivity contribution in [1.82, 2.24) is 4.90 Å². The molecule has 3 N–H and O–H groups in total. The highest BCUT2D eigenvalue weighted by molar-refractivity contribution is 6.07. The molecule has 0 aliphatic heterocycles. The van der Waals surface area contributed by atoms with Gasteiger partial charge < -0.3 is 20.1 Å². The van der Waals surface area contributed by atoms with Gasteiger partial charge in [-0.05, 0) is 148 Å². The number of carbonyl (C=O) groups is 4. The maximum atomic E-state index is 14.9. The third-order valence-electron chi connectivity index (χ3n) is 15.8. The fraction of sp³-hybridized carbons (Fsp3) is 0.739. The van der Waals surface area contributed by atoms with E-state index in [9.17, 15) is 34.5 Å². The molecule has 5 aliphatic carbocycles. The molecule has 0 saturated heterocycles. The number of rotatable bonds is 15. The molecule has 4 fully saturated rings. The van der Waals surface area contributed by atoms with Crippen molar-refractivity contribution < 1.29 is 39.2 Å². The highest BCUT2D eigenvalue weighted by Gasteiger charge is 2.65. The second-order valence-corrected chi connectivity index (χ2v) is 19.4. The number of carboxylic acids is 1. The van der Waals surface area contributed by atoms with Crippen molar-refractivity contribution >= 4 is 23.5 Å². The minimum Gasteiger partial charge on any atom is -0.481 e. The van der Waals surface area contributed by atoms with E-state index in [1.807, 2.05) is 18.2 Å². The molecule has 0 bridgehead atoms. The molecule has 9 nitrogen and oxygen atoms in total. The van der Waals surface area contributed by atoms with Gasteiger partial charge >= 0.3 is 11.9 Å². The van der Waals surface area contributed by atoms with Crippen LogP contribution in [0.1, 0.15) is 131 Å². The molecule has 4 saturated carbocycles. The van der Waals surface area contributed by atoms with Crippen LogP contribution in [-0.2, 0) is 30.5 Å². The number of esters is 1. The fourth-order valence-electron chi connectivity index (χ4n) is 12.9. The number of carboxylic acid groups (broad SMARTS) is 1. The molecule has 304 valence electrons. The number of carbonyl (C=O) groups excluding carboxylic acids is 3. The van der Waals surface area contributed by atoms with E-state index >= 15 is 0 Å². The van der Waals surface area contributed by atoms with Crippen LogP contribution >= 0.6 is 0 Å². The first-order chi connectivity index (χ1) is 26.0. The van der Waals surface area contributed by atoms with E-state index in [4.69, 9.17) is 4.74 Å². The predicted molar refractivity (Wildman–Crippen MR) is 211 cm³/mol. The first-order valence-electron chi connectivity index (χ1n) is 21.3. The Morgan fingerprint density at radius 3 is 2.33 bits per heavy atom. The number of benzene rings is 1. The van der Waals surface area contributed by atoms with Gasteiger partial charge in [0.1, 0.15) is 6.10 Å². The SMILES string of the molecule is CCC1=C2C3CCC4C(C)(CCC5C(C)C(OC(=O)CC(C)(C)C(=O)O)CCC54C)C3CCC2(C(=O)CN(CCCC(O)CO)Cc2ccccc2)CC1=O. The van der Waals surface area contributed by atoms with Crippen molar-refractivity contribution in [3.8, 4) is 0 Å². The van der Waals surface area contributed by atoms with Crippen molar-refractivity contribution in [3.05, 3.63) is 47.0 Å². The lowest BCUT2D eigenvalue weighted by atomic mass is 9.38. The Morgan fingerprint density at radius 2 is 1.65 bits per heavy atom. The van der Waals surface area contributed by atoms with E-state index < -0.39 is 28.9 Å². The summed E-state index contributed by atoms with van der Waals surface area (Å²) in [6.45, 7) is 13.6. The van der Waals surface area contributed by atoms with Crippen LogP contribution in [0.4, 0.5) is 0 Å². The normalized spacial score (nSPS) is 35.0. The average molecular weight is 762 g/mol. The van der Waals surface area contributed by atoms with Crippen molar-refractivity contribution in [3.63, 3.8) is 0 Å². The van der Waals surface area contributed by atoms with Crippen LogP contribution in [0.25, 0.3) is 0 Å². The molecule has 5 aliphatic rings. The summed E-state index contributed by atoms with van der Waals surface area (Å²) in [5.41, 5.74) is 1.44. The third kappa shape index (κ3) is 7.75. The van der Waals surface area contributed by atoms with Gasteiger partial charge in [-0.25, -0.2) is 0 Å². The lowest BCUT2D eigenvalue weighted by Crippen LogP contribution is -2.61. The van der Waals surface area contributed by atoms with E-state index in [0.29, 0.717) is 56.5 Å². The number of ether oxygens (including phenoxy) is 1. The van der Waals surface area contributed by atoms with Crippen LogP contribution in [-0.4, -0.2) is 75.6 Å². The monoisotopic (exact) mass is 761 g/mol. The summed E-state index contributed by atoms with van der Waals surface area (Å²) >= 11 is 0. The zero-order valence-electron chi connectivity index (χ0n) is 34.3. The van der Waals surface area contributed by atoms with E-state index in [1.54, 1.807) is 13.8 Å². The number of ketones is 2. The maximum Gasteiger partial charge on any atom is 0.309 e. The molecule has 55 heavy (non-hydrogen) atoms. The largest absolute Gasteiger partial charge is 0.481 e. The quantitative estimate of drug-likeness (QED) is 0.155. The first-order valence-corrected chi connectivity index (χ1v) is 21.3. The van der Waals surface area contributed by atoms with Crippen molar-refractivity contribution in [2.24, 2.45) is 51.2 Å². The summed E-state index contributed by atoms with van der Waals surface area (Å²) < 4.78 is 6.05. The van der Waals surface area contributed by atoms with E-state index in [0.717, 1.165) is 56.1 Å². The van der Waals surface area contributed by atoms with Crippen LogP contribution in [0.3, 0.4) is 0 Å². The first kappa shape index (κ1) is 41.7. The van der Waals surface area contributed by atoms with Crippen LogP contribution in [0.5, 0.6) is 0 Å². The Labute approximate surface area is 328 Å². The second-order valence-electron chi connectivity index (χ2n) is 19.4. The van der Waals surface area contributed by atoms with Gasteiger partial charge in [0.05, 0.1) is 36.5 Å². The number of aliphatic hydroxyl groups is 2. The van der Waals surface area contributed by atoms with Gasteiger partial charge in [0.2, 0.25) is 0 Å². The summed E-state index contributed by atoms with van der Waals surface area (Å²) in [5.74, 6) is 0.583. The van der Waals surface area contributed by atoms with Crippen molar-refractivity contribution in [2.75, 3.05) is 19.7 Å². The summed E-state index contributed by atoms with van der Waals surface area (Å²) in [6.07, 6.45) is 8.50. The standard InChI is InChI=1S/C46H67NO8/c1-7-32-36(50)24-46(39(51)27-47(23-11-14-31(49)28-48)26-30-12-9-8-10-13-30)22-18-35-33(41(32)46)15-16-38-44(5)21-19-37(29(2)34(44)17-20-45(35,38)6)55-40(52)25-43(3,4)42(53)54/h8-10,12-13,29,31,33-35,37-38,48-49H,7,11,14-28H2,1-6H3,(H,53,54). The minimum absolute atomic E-state index is 0.0719. The Hall–Kier alpha value is -2.88. The lowest BCUT2D eigenvalue weighted by molar-refractivity contribution is -0.192. The number of allylic oxidation sites excluding steroid dienone is 2. The van der Waals surface area contributed by atoms with Gasteiger partial charge in [0.25, 0.3) is 0 Å². The van der Waals surface area contributed by atoms with Gasteiger partial charge in [-0.1, -0.05) is 58.0 Å². The van der Waals surface area contributed by atoms with Crippen LogP contribution < -0.4 is 0 Å². The molecule has 1 aromatic rings. The molecule has 10 atom stereocenters. The molecule has 10 unspecified atom stereocenters. The minimum atomic E-state index is -1.17. The zero-order chi connectivity index (χ0) is 39.9. The second kappa shape index (κ2) is 16.2. The van der Waals surface area contributed by atoms with Gasteiger partial charge in [-0.15, -0.1) is 0 Å². The van der Waals surface area contributed by atoms with Crippen LogP contribution in [0, 0.1) is 51.2 Å². The van der Waals surface area contributed by atoms with Gasteiger partial charge in [0.15, 0.2) is 11.6 Å². The highest BCUT2D eigenvalue weighted by Crippen LogP contribution is 2.71. The Morgan fingerprint density at radius 1 is 0.982 bits per heavy atom. The van der Waals surface area contributed by atoms with E-state index in [2.05, 4.69) is 44.7 Å². The molecule has 0 aromatic heterocycles. The average Bonchev–Trinajstić information content (AvgIpc) is 3.45. The van der Waals surface area contributed by atoms with Gasteiger partial charge in [-0.3, -0.25) is 24.1 Å². The molecule has 0 heterocycles. The number of hydrogen-bond donors (Lipinski definition) is 3. The number of aliphatic hydroxyl groups excluding tert-OH is 2.